The molecule has 9 heteroatoms. The second kappa shape index (κ2) is 9.89. The Morgan fingerprint density at radius 2 is 1.69 bits per heavy atom. The number of aromatic nitrogens is 4. The Labute approximate surface area is 205 Å². The predicted molar refractivity (Wildman–Crippen MR) is 140 cm³/mol. The number of nitrogen functional groups attached to an aromatic ring is 1. The van der Waals surface area contributed by atoms with Crippen molar-refractivity contribution in [2.75, 3.05) is 64.0 Å². The van der Waals surface area contributed by atoms with Crippen LogP contribution in [0.15, 0.2) is 54.6 Å². The van der Waals surface area contributed by atoms with Gasteiger partial charge in [-0.2, -0.15) is 10.1 Å². The minimum Gasteiger partial charge on any atom is -0.457 e. The number of likely N-dealkylation sites (N-methyl/N-ethyl adjacent to an activating group) is 1. The summed E-state index contributed by atoms with van der Waals surface area (Å²) in [6, 6.07) is 17.7. The number of benzene rings is 2. The van der Waals surface area contributed by atoms with Gasteiger partial charge in [0.15, 0.2) is 5.65 Å². The summed E-state index contributed by atoms with van der Waals surface area (Å²) in [6.45, 7) is 5.83. The molecule has 2 N–H and O–H groups in total. The second-order valence-electron chi connectivity index (χ2n) is 9.15. The number of fused-ring (bicyclic) bond motifs is 1. The maximum absolute atomic E-state index is 6.41. The van der Waals surface area contributed by atoms with E-state index >= 15 is 0 Å². The van der Waals surface area contributed by atoms with Gasteiger partial charge in [0.05, 0.1) is 11.1 Å². The highest BCUT2D eigenvalue weighted by Crippen LogP contribution is 2.34. The van der Waals surface area contributed by atoms with Crippen LogP contribution in [0.2, 0.25) is 0 Å². The molecule has 182 valence electrons. The molecule has 0 unspecified atom stereocenters. The summed E-state index contributed by atoms with van der Waals surface area (Å²) in [7, 11) is 6.05. The second-order valence-corrected chi connectivity index (χ2v) is 9.15. The van der Waals surface area contributed by atoms with Crippen LogP contribution in [0.3, 0.4) is 0 Å². The van der Waals surface area contributed by atoms with Gasteiger partial charge in [-0.3, -0.25) is 9.58 Å². The van der Waals surface area contributed by atoms with Crippen molar-refractivity contribution in [1.29, 1.82) is 0 Å². The summed E-state index contributed by atoms with van der Waals surface area (Å²) in [5.74, 6) is 2.75. The van der Waals surface area contributed by atoms with E-state index in [0.29, 0.717) is 17.4 Å². The zero-order valence-electron chi connectivity index (χ0n) is 20.6. The van der Waals surface area contributed by atoms with Gasteiger partial charge in [-0.05, 0) is 38.4 Å². The van der Waals surface area contributed by atoms with Gasteiger partial charge in [-0.1, -0.05) is 30.3 Å². The lowest BCUT2D eigenvalue weighted by molar-refractivity contribution is 0.229. The molecule has 3 heterocycles. The fourth-order valence-electron chi connectivity index (χ4n) is 4.30. The van der Waals surface area contributed by atoms with Gasteiger partial charge in [0, 0.05) is 51.9 Å². The molecular weight excluding hydrogens is 440 g/mol. The maximum Gasteiger partial charge on any atom is 0.228 e. The molecule has 0 atom stereocenters. The van der Waals surface area contributed by atoms with Crippen molar-refractivity contribution in [2.45, 2.75) is 0 Å². The van der Waals surface area contributed by atoms with E-state index in [0.717, 1.165) is 67.4 Å². The molecule has 0 spiro atoms. The predicted octanol–water partition coefficient (Wildman–Crippen LogP) is 3.09. The fraction of sp³-hybridized carbons (Fsp3) is 0.346. The lowest BCUT2D eigenvalue weighted by atomic mass is 10.1. The molecule has 0 saturated carbocycles. The van der Waals surface area contributed by atoms with E-state index in [4.69, 9.17) is 20.4 Å². The van der Waals surface area contributed by atoms with Gasteiger partial charge in [0.25, 0.3) is 0 Å². The summed E-state index contributed by atoms with van der Waals surface area (Å²) < 4.78 is 7.73. The smallest absolute Gasteiger partial charge is 0.228 e. The summed E-state index contributed by atoms with van der Waals surface area (Å²) in [5, 5.41) is 5.34. The van der Waals surface area contributed by atoms with Crippen LogP contribution in [0.4, 0.5) is 11.8 Å². The highest BCUT2D eigenvalue weighted by molar-refractivity contribution is 5.99. The quantitative estimate of drug-likeness (QED) is 0.439. The Morgan fingerprint density at radius 1 is 0.943 bits per heavy atom. The molecule has 35 heavy (non-hydrogen) atoms. The van der Waals surface area contributed by atoms with Crippen LogP contribution in [0.1, 0.15) is 0 Å². The van der Waals surface area contributed by atoms with Crippen LogP contribution in [-0.4, -0.2) is 82.9 Å². The molecule has 2 aromatic heterocycles. The first kappa shape index (κ1) is 23.1. The number of para-hydroxylation sites is 1. The number of anilines is 2. The van der Waals surface area contributed by atoms with Gasteiger partial charge in [0.2, 0.25) is 5.95 Å². The van der Waals surface area contributed by atoms with Crippen molar-refractivity contribution < 1.29 is 4.74 Å². The van der Waals surface area contributed by atoms with E-state index in [-0.39, 0.29) is 0 Å². The van der Waals surface area contributed by atoms with Crippen molar-refractivity contribution >= 4 is 22.8 Å². The van der Waals surface area contributed by atoms with Gasteiger partial charge >= 0.3 is 0 Å². The number of piperazine rings is 1. The molecule has 0 radical (unpaired) electrons. The number of hydrogen-bond acceptors (Lipinski definition) is 8. The Morgan fingerprint density at radius 3 is 2.43 bits per heavy atom. The third-order valence-corrected chi connectivity index (χ3v) is 6.33. The topological polar surface area (TPSA) is 88.6 Å². The van der Waals surface area contributed by atoms with E-state index in [9.17, 15) is 0 Å². The number of hydrogen-bond donors (Lipinski definition) is 1. The first-order chi connectivity index (χ1) is 17.0. The van der Waals surface area contributed by atoms with Gasteiger partial charge < -0.3 is 20.3 Å². The maximum atomic E-state index is 6.41. The largest absolute Gasteiger partial charge is 0.457 e. The molecule has 1 saturated heterocycles. The molecular formula is C26H32N8O. The number of ether oxygens (including phenoxy) is 1. The minimum atomic E-state index is 0.546. The molecule has 0 aliphatic carbocycles. The molecule has 1 aliphatic rings. The number of nitrogens with two attached hydrogens (primary N) is 1. The van der Waals surface area contributed by atoms with E-state index in [1.165, 1.54) is 0 Å². The Bertz CT molecular complexity index is 1300. The van der Waals surface area contributed by atoms with Crippen LogP contribution < -0.4 is 15.4 Å². The van der Waals surface area contributed by atoms with E-state index in [2.05, 4.69) is 33.9 Å². The Hall–Kier alpha value is -3.69. The van der Waals surface area contributed by atoms with Crippen LogP contribution in [0.5, 0.6) is 11.5 Å². The molecule has 1 fully saturated rings. The molecule has 9 nitrogen and oxygen atoms in total. The van der Waals surface area contributed by atoms with Gasteiger partial charge in [-0.25, -0.2) is 4.98 Å². The van der Waals surface area contributed by atoms with E-state index in [1.54, 1.807) is 4.68 Å². The minimum absolute atomic E-state index is 0.546. The third-order valence-electron chi connectivity index (χ3n) is 6.33. The van der Waals surface area contributed by atoms with Gasteiger partial charge in [0.1, 0.15) is 17.3 Å². The van der Waals surface area contributed by atoms with Crippen LogP contribution in [-0.2, 0) is 7.05 Å². The number of aryl methyl sites for hydroxylation is 1. The van der Waals surface area contributed by atoms with Crippen molar-refractivity contribution in [3.63, 3.8) is 0 Å². The average Bonchev–Trinajstić information content (AvgIpc) is 3.16. The lowest BCUT2D eigenvalue weighted by Crippen LogP contribution is -2.48. The standard InChI is InChI=1S/C26H32N8O/c1-31(2)12-13-33-14-16-34(17-15-33)26-28-23(22-24(27)32(3)30-25(22)29-26)19-8-7-11-21(18-19)35-20-9-5-4-6-10-20/h4-11,18H,12-17,27H2,1-3H3. The third kappa shape index (κ3) is 5.06. The SMILES string of the molecule is CN(C)CCN1CCN(c2nc(-c3cccc(Oc4ccccc4)c3)c3c(N)n(C)nc3n2)CC1. The fourth-order valence-corrected chi connectivity index (χ4v) is 4.30. The Balaban J connectivity index is 1.46. The molecule has 2 aromatic carbocycles. The molecule has 4 aromatic rings. The first-order valence-corrected chi connectivity index (χ1v) is 11.9. The molecule has 1 aliphatic heterocycles. The lowest BCUT2D eigenvalue weighted by Gasteiger charge is -2.35. The van der Waals surface area contributed by atoms with Crippen LogP contribution in [0, 0.1) is 0 Å². The van der Waals surface area contributed by atoms with Crippen molar-refractivity contribution in [3.05, 3.63) is 54.6 Å². The molecule has 0 amide bonds. The van der Waals surface area contributed by atoms with Crippen molar-refractivity contribution in [2.24, 2.45) is 7.05 Å². The van der Waals surface area contributed by atoms with Crippen molar-refractivity contribution in [1.82, 2.24) is 29.5 Å². The normalized spacial score (nSPS) is 14.7. The monoisotopic (exact) mass is 472 g/mol. The average molecular weight is 473 g/mol. The van der Waals surface area contributed by atoms with E-state index < -0.39 is 0 Å². The van der Waals surface area contributed by atoms with Crippen LogP contribution >= 0.6 is 0 Å². The summed E-state index contributed by atoms with van der Waals surface area (Å²) in [5.41, 5.74) is 8.69. The zero-order chi connectivity index (χ0) is 24.4. The summed E-state index contributed by atoms with van der Waals surface area (Å²) >= 11 is 0. The summed E-state index contributed by atoms with van der Waals surface area (Å²) in [4.78, 5) is 16.8. The highest BCUT2D eigenvalue weighted by atomic mass is 16.5. The molecule has 5 rings (SSSR count). The number of rotatable bonds is 7. The molecule has 0 bridgehead atoms. The highest BCUT2D eigenvalue weighted by Gasteiger charge is 2.23. The van der Waals surface area contributed by atoms with Gasteiger partial charge in [-0.15, -0.1) is 0 Å². The van der Waals surface area contributed by atoms with E-state index in [1.807, 2.05) is 61.6 Å². The first-order valence-electron chi connectivity index (χ1n) is 11.9. The number of nitrogens with zero attached hydrogens (tertiary/aromatic N) is 7. The van der Waals surface area contributed by atoms with Crippen LogP contribution in [0.25, 0.3) is 22.3 Å². The Kier molecular flexibility index (Phi) is 6.52. The van der Waals surface area contributed by atoms with Crippen molar-refractivity contribution in [3.8, 4) is 22.8 Å². The zero-order valence-corrected chi connectivity index (χ0v) is 20.6. The summed E-state index contributed by atoms with van der Waals surface area (Å²) in [6.07, 6.45) is 0.